The molecule has 0 amide bonds. The smallest absolute Gasteiger partial charge is 0.371 e. The van der Waals surface area contributed by atoms with Crippen molar-refractivity contribution in [2.24, 2.45) is 7.05 Å². The van der Waals surface area contributed by atoms with Crippen LogP contribution in [0, 0.1) is 10.1 Å². The van der Waals surface area contributed by atoms with E-state index in [0.29, 0.717) is 0 Å². The molecule has 0 spiro atoms. The summed E-state index contributed by atoms with van der Waals surface area (Å²) in [4.78, 5) is 33.8. The first-order valence-corrected chi connectivity index (χ1v) is 6.54. The Morgan fingerprint density at radius 3 is 2.50 bits per heavy atom. The lowest BCUT2D eigenvalue weighted by atomic mass is 10.2. The molecule has 0 fully saturated rings. The van der Waals surface area contributed by atoms with Gasteiger partial charge in [0.15, 0.2) is 11.5 Å². The van der Waals surface area contributed by atoms with E-state index >= 15 is 0 Å². The lowest BCUT2D eigenvalue weighted by molar-refractivity contribution is -0.385. The third kappa shape index (κ3) is 3.32. The van der Waals surface area contributed by atoms with E-state index in [-0.39, 0.29) is 17.1 Å². The Morgan fingerprint density at radius 1 is 1.21 bits per heavy atom. The predicted octanol–water partition coefficient (Wildman–Crippen LogP) is 1.34. The number of methoxy groups -OCH3 is 2. The summed E-state index contributed by atoms with van der Waals surface area (Å²) in [6.45, 7) is 0. The normalized spacial score (nSPS) is 10.1. The second-order valence-corrected chi connectivity index (χ2v) is 4.54. The molecule has 0 bridgehead atoms. The van der Waals surface area contributed by atoms with Gasteiger partial charge < -0.3 is 14.2 Å². The van der Waals surface area contributed by atoms with Crippen molar-refractivity contribution >= 4 is 17.6 Å². The summed E-state index contributed by atoms with van der Waals surface area (Å²) in [6, 6.07) is 4.00. The number of aromatic nitrogens is 2. The van der Waals surface area contributed by atoms with Gasteiger partial charge in [-0.15, -0.1) is 0 Å². The van der Waals surface area contributed by atoms with E-state index < -0.39 is 28.2 Å². The van der Waals surface area contributed by atoms with E-state index in [0.717, 1.165) is 10.9 Å². The molecule has 0 unspecified atom stereocenters. The molecule has 1 aromatic heterocycles. The molecule has 24 heavy (non-hydrogen) atoms. The standard InChI is InChI=1S/C14H13N3O7/c1-16-7-9(17(20)21)12(15-16)14(19)24-10-5-4-8(13(18)23-3)6-11(10)22-2/h4-7H,1-3H3. The number of benzene rings is 1. The van der Waals surface area contributed by atoms with E-state index in [1.54, 1.807) is 0 Å². The highest BCUT2D eigenvalue weighted by atomic mass is 16.6. The molecule has 0 atom stereocenters. The first kappa shape index (κ1) is 16.9. The summed E-state index contributed by atoms with van der Waals surface area (Å²) in [5, 5.41) is 14.7. The van der Waals surface area contributed by atoms with E-state index in [2.05, 4.69) is 9.84 Å². The van der Waals surface area contributed by atoms with Gasteiger partial charge in [-0.3, -0.25) is 14.8 Å². The molecule has 1 aromatic carbocycles. The van der Waals surface area contributed by atoms with Gasteiger partial charge in [0.05, 0.1) is 24.7 Å². The number of hydrogen-bond donors (Lipinski definition) is 0. The number of rotatable bonds is 5. The van der Waals surface area contributed by atoms with Gasteiger partial charge in [-0.05, 0) is 18.2 Å². The molecule has 10 nitrogen and oxygen atoms in total. The molecule has 1 heterocycles. The maximum atomic E-state index is 12.1. The number of hydrogen-bond acceptors (Lipinski definition) is 8. The highest BCUT2D eigenvalue weighted by Gasteiger charge is 2.27. The van der Waals surface area contributed by atoms with Crippen LogP contribution >= 0.6 is 0 Å². The third-order valence-corrected chi connectivity index (χ3v) is 2.99. The Kier molecular flexibility index (Phi) is 4.78. The second kappa shape index (κ2) is 6.77. The zero-order chi connectivity index (χ0) is 17.9. The fourth-order valence-corrected chi connectivity index (χ4v) is 1.90. The maximum Gasteiger partial charge on any atom is 0.371 e. The summed E-state index contributed by atoms with van der Waals surface area (Å²) < 4.78 is 15.9. The van der Waals surface area contributed by atoms with Crippen molar-refractivity contribution in [1.29, 1.82) is 0 Å². The van der Waals surface area contributed by atoms with Gasteiger partial charge >= 0.3 is 17.6 Å². The van der Waals surface area contributed by atoms with Gasteiger partial charge in [-0.25, -0.2) is 9.59 Å². The third-order valence-electron chi connectivity index (χ3n) is 2.99. The maximum absolute atomic E-state index is 12.1. The summed E-state index contributed by atoms with van der Waals surface area (Å²) >= 11 is 0. The Hall–Kier alpha value is -3.43. The highest BCUT2D eigenvalue weighted by molar-refractivity contribution is 5.94. The van der Waals surface area contributed by atoms with Crippen molar-refractivity contribution in [3.05, 3.63) is 45.8 Å². The first-order chi connectivity index (χ1) is 11.4. The first-order valence-electron chi connectivity index (χ1n) is 6.54. The van der Waals surface area contributed by atoms with Crippen LogP contribution in [-0.2, 0) is 11.8 Å². The zero-order valence-corrected chi connectivity index (χ0v) is 13.0. The summed E-state index contributed by atoms with van der Waals surface area (Å²) in [5.74, 6) is -1.54. The van der Waals surface area contributed by atoms with Crippen molar-refractivity contribution < 1.29 is 28.7 Å². The Labute approximate surface area is 135 Å². The monoisotopic (exact) mass is 335 g/mol. The van der Waals surface area contributed by atoms with Crippen LogP contribution in [0.2, 0.25) is 0 Å². The number of ether oxygens (including phenoxy) is 3. The van der Waals surface area contributed by atoms with Gasteiger partial charge in [-0.2, -0.15) is 5.10 Å². The molecule has 0 aliphatic heterocycles. The summed E-state index contributed by atoms with van der Waals surface area (Å²) in [7, 11) is 3.98. The van der Waals surface area contributed by atoms with E-state index in [4.69, 9.17) is 9.47 Å². The topological polar surface area (TPSA) is 123 Å². The average molecular weight is 335 g/mol. The lowest BCUT2D eigenvalue weighted by Crippen LogP contribution is -2.12. The SMILES string of the molecule is COC(=O)c1ccc(OC(=O)c2nn(C)cc2[N+](=O)[O-])c(OC)c1. The van der Waals surface area contributed by atoms with Crippen LogP contribution in [0.4, 0.5) is 5.69 Å². The van der Waals surface area contributed by atoms with Crippen LogP contribution in [-0.4, -0.2) is 40.9 Å². The predicted molar refractivity (Wildman–Crippen MR) is 79.2 cm³/mol. The van der Waals surface area contributed by atoms with Crippen LogP contribution < -0.4 is 9.47 Å². The van der Waals surface area contributed by atoms with Crippen molar-refractivity contribution in [3.8, 4) is 11.5 Å². The van der Waals surface area contributed by atoms with Gasteiger partial charge in [0.25, 0.3) is 0 Å². The minimum Gasteiger partial charge on any atom is -0.493 e. The molecule has 0 radical (unpaired) electrons. The quantitative estimate of drug-likeness (QED) is 0.347. The summed E-state index contributed by atoms with van der Waals surface area (Å²) in [6.07, 6.45) is 1.09. The van der Waals surface area contributed by atoms with Crippen molar-refractivity contribution in [3.63, 3.8) is 0 Å². The zero-order valence-electron chi connectivity index (χ0n) is 13.0. The fraction of sp³-hybridized carbons (Fsp3) is 0.214. The second-order valence-electron chi connectivity index (χ2n) is 4.54. The van der Waals surface area contributed by atoms with Gasteiger partial charge in [-0.1, -0.05) is 0 Å². The minimum atomic E-state index is -1.02. The molecular formula is C14H13N3O7. The number of nitrogens with zero attached hydrogens (tertiary/aromatic N) is 3. The van der Waals surface area contributed by atoms with E-state index in [1.165, 1.54) is 39.5 Å². The van der Waals surface area contributed by atoms with Crippen LogP contribution in [0.25, 0.3) is 0 Å². The number of carbonyl (C=O) groups is 2. The van der Waals surface area contributed by atoms with Crippen molar-refractivity contribution in [1.82, 2.24) is 9.78 Å². The number of nitro groups is 1. The Bertz CT molecular complexity index is 813. The van der Waals surface area contributed by atoms with Crippen LogP contribution in [0.3, 0.4) is 0 Å². The molecule has 2 rings (SSSR count). The number of aryl methyl sites for hydroxylation is 1. The average Bonchev–Trinajstić information content (AvgIpc) is 2.96. The van der Waals surface area contributed by atoms with Crippen molar-refractivity contribution in [2.45, 2.75) is 0 Å². The molecule has 0 aliphatic rings. The minimum absolute atomic E-state index is 0.0184. The van der Waals surface area contributed by atoms with Gasteiger partial charge in [0, 0.05) is 7.05 Å². The molecule has 0 aliphatic carbocycles. The van der Waals surface area contributed by atoms with E-state index in [9.17, 15) is 19.7 Å². The summed E-state index contributed by atoms with van der Waals surface area (Å²) in [5.41, 5.74) is -0.729. The molecule has 126 valence electrons. The number of carbonyl (C=O) groups excluding carboxylic acids is 2. The van der Waals surface area contributed by atoms with E-state index in [1.807, 2.05) is 0 Å². The van der Waals surface area contributed by atoms with Crippen LogP contribution in [0.15, 0.2) is 24.4 Å². The lowest BCUT2D eigenvalue weighted by Gasteiger charge is -2.09. The van der Waals surface area contributed by atoms with Crippen LogP contribution in [0.5, 0.6) is 11.5 Å². The largest absolute Gasteiger partial charge is 0.493 e. The molecule has 2 aromatic rings. The molecule has 0 saturated heterocycles. The molecule has 0 saturated carbocycles. The number of esters is 2. The van der Waals surface area contributed by atoms with Crippen molar-refractivity contribution in [2.75, 3.05) is 14.2 Å². The van der Waals surface area contributed by atoms with Gasteiger partial charge in [0.2, 0.25) is 5.69 Å². The Balaban J connectivity index is 2.32. The van der Waals surface area contributed by atoms with Crippen LogP contribution in [0.1, 0.15) is 20.8 Å². The highest BCUT2D eigenvalue weighted by Crippen LogP contribution is 2.30. The van der Waals surface area contributed by atoms with Gasteiger partial charge in [0.1, 0.15) is 6.20 Å². The molecule has 0 N–H and O–H groups in total. The Morgan fingerprint density at radius 2 is 1.92 bits per heavy atom. The fourth-order valence-electron chi connectivity index (χ4n) is 1.90. The molecule has 10 heteroatoms. The molecular weight excluding hydrogens is 322 g/mol.